The lowest BCUT2D eigenvalue weighted by atomic mass is 10.0. The molecular weight excluding hydrogens is 482 g/mol. The molecule has 0 aliphatic rings. The summed E-state index contributed by atoms with van der Waals surface area (Å²) < 4.78 is 0. The third-order valence-electron chi connectivity index (χ3n) is 4.88. The molecule has 0 aliphatic carbocycles. The Morgan fingerprint density at radius 2 is 1.29 bits per heavy atom. The maximum absolute atomic E-state index is 12.9. The van der Waals surface area contributed by atoms with E-state index in [2.05, 4.69) is 16.0 Å². The lowest BCUT2D eigenvalue weighted by Gasteiger charge is -2.25. The number of hydrogen-bond donors (Lipinski definition) is 7. The number of primary amides is 1. The van der Waals surface area contributed by atoms with E-state index >= 15 is 0 Å². The van der Waals surface area contributed by atoms with Gasteiger partial charge < -0.3 is 37.6 Å². The van der Waals surface area contributed by atoms with Crippen LogP contribution in [-0.4, -0.2) is 82.0 Å². The Morgan fingerprint density at radius 1 is 0.800 bits per heavy atom. The number of thioether (sulfide) groups is 1. The van der Waals surface area contributed by atoms with Gasteiger partial charge in [-0.3, -0.25) is 24.0 Å². The van der Waals surface area contributed by atoms with Gasteiger partial charge in [-0.1, -0.05) is 13.8 Å². The highest BCUT2D eigenvalue weighted by Crippen LogP contribution is 2.08. The van der Waals surface area contributed by atoms with Gasteiger partial charge in [0.2, 0.25) is 23.6 Å². The molecule has 35 heavy (non-hydrogen) atoms. The molecule has 0 aliphatic heterocycles. The second kappa shape index (κ2) is 16.7. The summed E-state index contributed by atoms with van der Waals surface area (Å²) in [5.74, 6) is -5.07. The van der Waals surface area contributed by atoms with Crippen molar-refractivity contribution in [2.75, 3.05) is 12.0 Å². The predicted molar refractivity (Wildman–Crippen MR) is 129 cm³/mol. The van der Waals surface area contributed by atoms with E-state index in [4.69, 9.17) is 16.6 Å². The van der Waals surface area contributed by atoms with Gasteiger partial charge >= 0.3 is 11.9 Å². The summed E-state index contributed by atoms with van der Waals surface area (Å²) in [6, 6.07) is -4.83. The number of carbonyl (C=O) groups is 6. The summed E-state index contributed by atoms with van der Waals surface area (Å²) >= 11 is 1.48. The number of hydrogen-bond acceptors (Lipinski definition) is 8. The van der Waals surface area contributed by atoms with Crippen molar-refractivity contribution >= 4 is 47.3 Å². The molecule has 0 aromatic carbocycles. The largest absolute Gasteiger partial charge is 0.481 e. The minimum Gasteiger partial charge on any atom is -0.481 e. The van der Waals surface area contributed by atoms with Gasteiger partial charge in [0.25, 0.3) is 0 Å². The Balaban J connectivity index is 5.60. The fraction of sp³-hybridized carbons (Fsp3) is 0.714. The number of carbonyl (C=O) groups excluding carboxylic acids is 4. The van der Waals surface area contributed by atoms with E-state index in [0.717, 1.165) is 0 Å². The standard InChI is InChI=1S/C21H37N5O8S/c1-11(2)10-15(21(33)34)26-20(32)13(4-6-16(23)27)25-19(31)14(5-7-17(28)29)24-18(30)12(22)8-9-35-3/h11-15H,4-10,22H2,1-3H3,(H2,23,27)(H,24,30)(H,25,31)(H,26,32)(H,28,29)(H,33,34). The summed E-state index contributed by atoms with van der Waals surface area (Å²) in [5.41, 5.74) is 11.0. The molecule has 4 amide bonds. The van der Waals surface area contributed by atoms with E-state index in [9.17, 15) is 33.9 Å². The Morgan fingerprint density at radius 3 is 1.71 bits per heavy atom. The highest BCUT2D eigenvalue weighted by atomic mass is 32.2. The Hall–Kier alpha value is -2.87. The zero-order valence-electron chi connectivity index (χ0n) is 20.2. The van der Waals surface area contributed by atoms with Crippen molar-refractivity contribution in [2.24, 2.45) is 17.4 Å². The van der Waals surface area contributed by atoms with Crippen LogP contribution in [0.3, 0.4) is 0 Å². The van der Waals surface area contributed by atoms with E-state index < -0.39 is 66.2 Å². The average Bonchev–Trinajstić information content (AvgIpc) is 2.75. The minimum atomic E-state index is -1.35. The van der Waals surface area contributed by atoms with E-state index in [1.54, 1.807) is 13.8 Å². The van der Waals surface area contributed by atoms with Crippen molar-refractivity contribution < 1.29 is 39.0 Å². The van der Waals surface area contributed by atoms with Crippen LogP contribution in [0.4, 0.5) is 0 Å². The van der Waals surface area contributed by atoms with Crippen molar-refractivity contribution in [3.63, 3.8) is 0 Å². The van der Waals surface area contributed by atoms with Crippen molar-refractivity contribution in [2.45, 2.75) is 76.5 Å². The number of nitrogens with two attached hydrogens (primary N) is 2. The number of carboxylic acid groups (broad SMARTS) is 2. The monoisotopic (exact) mass is 519 g/mol. The van der Waals surface area contributed by atoms with Gasteiger partial charge in [0.15, 0.2) is 0 Å². The van der Waals surface area contributed by atoms with Crippen LogP contribution in [-0.2, 0) is 28.8 Å². The quantitative estimate of drug-likeness (QED) is 0.114. The van der Waals surface area contributed by atoms with E-state index in [0.29, 0.717) is 12.2 Å². The molecule has 0 rings (SSSR count). The third-order valence-corrected chi connectivity index (χ3v) is 5.53. The van der Waals surface area contributed by atoms with E-state index in [1.165, 1.54) is 11.8 Å². The Bertz CT molecular complexity index is 764. The smallest absolute Gasteiger partial charge is 0.326 e. The molecule has 4 unspecified atom stereocenters. The first kappa shape index (κ1) is 32.1. The fourth-order valence-corrected chi connectivity index (χ4v) is 3.47. The average molecular weight is 520 g/mol. The first-order chi connectivity index (χ1) is 16.3. The van der Waals surface area contributed by atoms with Gasteiger partial charge in [-0.25, -0.2) is 4.79 Å². The van der Waals surface area contributed by atoms with Crippen molar-refractivity contribution in [3.8, 4) is 0 Å². The molecule has 0 radical (unpaired) electrons. The van der Waals surface area contributed by atoms with Crippen LogP contribution in [0.5, 0.6) is 0 Å². The molecule has 0 spiro atoms. The summed E-state index contributed by atoms with van der Waals surface area (Å²) in [5, 5.41) is 25.5. The fourth-order valence-electron chi connectivity index (χ4n) is 2.98. The predicted octanol–water partition coefficient (Wildman–Crippen LogP) is -1.22. The third kappa shape index (κ3) is 14.2. The van der Waals surface area contributed by atoms with Gasteiger partial charge in [0.1, 0.15) is 18.1 Å². The summed E-state index contributed by atoms with van der Waals surface area (Å²) in [6.07, 6.45) is 1.05. The summed E-state index contributed by atoms with van der Waals surface area (Å²) in [6.45, 7) is 3.54. The lowest BCUT2D eigenvalue weighted by molar-refractivity contribution is -0.143. The van der Waals surface area contributed by atoms with Crippen LogP contribution >= 0.6 is 11.8 Å². The van der Waals surface area contributed by atoms with Crippen LogP contribution in [0.1, 0.15) is 52.4 Å². The molecule has 0 fully saturated rings. The molecule has 0 saturated carbocycles. The van der Waals surface area contributed by atoms with E-state index in [-0.39, 0.29) is 31.6 Å². The molecule has 0 saturated heterocycles. The second-order valence-electron chi connectivity index (χ2n) is 8.48. The van der Waals surface area contributed by atoms with Gasteiger partial charge in [0, 0.05) is 12.8 Å². The molecule has 200 valence electrons. The van der Waals surface area contributed by atoms with Gasteiger partial charge in [-0.05, 0) is 43.6 Å². The van der Waals surface area contributed by atoms with Gasteiger partial charge in [-0.2, -0.15) is 11.8 Å². The molecule has 13 nitrogen and oxygen atoms in total. The molecule has 9 N–H and O–H groups in total. The number of rotatable bonds is 18. The Kier molecular flexibility index (Phi) is 15.3. The van der Waals surface area contributed by atoms with Crippen molar-refractivity contribution in [3.05, 3.63) is 0 Å². The van der Waals surface area contributed by atoms with Crippen LogP contribution in [0.25, 0.3) is 0 Å². The Labute approximate surface area is 208 Å². The zero-order chi connectivity index (χ0) is 27.1. The second-order valence-corrected chi connectivity index (χ2v) is 9.46. The topological polar surface area (TPSA) is 231 Å². The SMILES string of the molecule is CSCCC(N)C(=O)NC(CCC(=O)O)C(=O)NC(CCC(N)=O)C(=O)NC(CC(C)C)C(=O)O. The maximum atomic E-state index is 12.9. The minimum absolute atomic E-state index is 0.0546. The highest BCUT2D eigenvalue weighted by molar-refractivity contribution is 7.98. The van der Waals surface area contributed by atoms with Gasteiger partial charge in [0.05, 0.1) is 6.04 Å². The van der Waals surface area contributed by atoms with E-state index in [1.807, 2.05) is 6.26 Å². The first-order valence-electron chi connectivity index (χ1n) is 11.2. The zero-order valence-corrected chi connectivity index (χ0v) is 21.1. The molecule has 14 heteroatoms. The van der Waals surface area contributed by atoms with Crippen LogP contribution in [0.15, 0.2) is 0 Å². The highest BCUT2D eigenvalue weighted by Gasteiger charge is 2.31. The number of carboxylic acids is 2. The molecule has 4 atom stereocenters. The number of aliphatic carboxylic acids is 2. The van der Waals surface area contributed by atoms with Crippen LogP contribution < -0.4 is 27.4 Å². The number of nitrogens with one attached hydrogen (secondary N) is 3. The molecular formula is C21H37N5O8S. The normalized spacial score (nSPS) is 14.3. The maximum Gasteiger partial charge on any atom is 0.326 e. The van der Waals surface area contributed by atoms with Crippen molar-refractivity contribution in [1.82, 2.24) is 16.0 Å². The summed E-state index contributed by atoms with van der Waals surface area (Å²) in [4.78, 5) is 71.9. The van der Waals surface area contributed by atoms with Crippen LogP contribution in [0, 0.1) is 5.92 Å². The van der Waals surface area contributed by atoms with Gasteiger partial charge in [-0.15, -0.1) is 0 Å². The molecule has 0 aromatic rings. The summed E-state index contributed by atoms with van der Waals surface area (Å²) in [7, 11) is 0. The first-order valence-corrected chi connectivity index (χ1v) is 12.6. The van der Waals surface area contributed by atoms with Crippen LogP contribution in [0.2, 0.25) is 0 Å². The molecule has 0 aromatic heterocycles. The molecule has 0 heterocycles. The lowest BCUT2D eigenvalue weighted by Crippen LogP contribution is -2.57. The molecule has 0 bridgehead atoms. The number of amides is 4. The van der Waals surface area contributed by atoms with Crippen molar-refractivity contribution in [1.29, 1.82) is 0 Å².